The molecule has 1 saturated carbocycles. The van der Waals surface area contributed by atoms with E-state index >= 15 is 0 Å². The van der Waals surface area contributed by atoms with Crippen molar-refractivity contribution >= 4 is 11.6 Å². The van der Waals surface area contributed by atoms with Gasteiger partial charge in [-0.1, -0.05) is 18.6 Å². The molecule has 0 aromatic heterocycles. The number of nitrogens with zero attached hydrogens (tertiary/aromatic N) is 2. The summed E-state index contributed by atoms with van der Waals surface area (Å²) >= 11 is 0. The second-order valence-electron chi connectivity index (χ2n) is 10.3. The normalized spacial score (nSPS) is 32.6. The maximum absolute atomic E-state index is 13.1. The molecule has 0 N–H and O–H groups in total. The van der Waals surface area contributed by atoms with E-state index in [0.29, 0.717) is 11.8 Å². The molecule has 3 saturated heterocycles. The van der Waals surface area contributed by atoms with E-state index in [0.717, 1.165) is 56.8 Å². The van der Waals surface area contributed by atoms with Gasteiger partial charge in [0.1, 0.15) is 0 Å². The third kappa shape index (κ3) is 3.82. The Kier molecular flexibility index (Phi) is 5.90. The number of piperidine rings is 1. The lowest BCUT2D eigenvalue weighted by atomic mass is 9.79. The van der Waals surface area contributed by atoms with Crippen molar-refractivity contribution in [3.8, 4) is 0 Å². The SMILES string of the molecule is CC1CCCCN1C1CCC(c2ccc(N3CCC4(CCOCC4)C3=O)cc2)CC1. The molecule has 164 valence electrons. The van der Waals surface area contributed by atoms with Crippen LogP contribution >= 0.6 is 0 Å². The second kappa shape index (κ2) is 8.63. The van der Waals surface area contributed by atoms with Crippen molar-refractivity contribution in [2.45, 2.75) is 89.1 Å². The van der Waals surface area contributed by atoms with Crippen LogP contribution in [0.25, 0.3) is 0 Å². The lowest BCUT2D eigenvalue weighted by Gasteiger charge is -2.43. The van der Waals surface area contributed by atoms with Crippen molar-refractivity contribution in [1.29, 1.82) is 0 Å². The van der Waals surface area contributed by atoms with Crippen LogP contribution in [0.1, 0.15) is 82.6 Å². The van der Waals surface area contributed by atoms with Gasteiger partial charge in [-0.25, -0.2) is 0 Å². The van der Waals surface area contributed by atoms with Crippen LogP contribution in [0.15, 0.2) is 24.3 Å². The molecule has 1 aromatic carbocycles. The van der Waals surface area contributed by atoms with E-state index in [-0.39, 0.29) is 5.41 Å². The van der Waals surface area contributed by atoms with Crippen LogP contribution in [0.5, 0.6) is 0 Å². The average molecular weight is 411 g/mol. The van der Waals surface area contributed by atoms with Crippen LogP contribution in [0.4, 0.5) is 5.69 Å². The van der Waals surface area contributed by atoms with Crippen molar-refractivity contribution < 1.29 is 9.53 Å². The molecule has 3 heterocycles. The molecule has 4 fully saturated rings. The highest BCUT2D eigenvalue weighted by atomic mass is 16.5. The Morgan fingerprint density at radius 2 is 1.63 bits per heavy atom. The smallest absolute Gasteiger partial charge is 0.233 e. The maximum atomic E-state index is 13.1. The molecular formula is C26H38N2O2. The Labute approximate surface area is 182 Å². The minimum Gasteiger partial charge on any atom is -0.381 e. The summed E-state index contributed by atoms with van der Waals surface area (Å²) in [6.45, 7) is 6.06. The predicted octanol–water partition coefficient (Wildman–Crippen LogP) is 5.12. The number of hydrogen-bond acceptors (Lipinski definition) is 3. The molecular weight excluding hydrogens is 372 g/mol. The minimum absolute atomic E-state index is 0.152. The summed E-state index contributed by atoms with van der Waals surface area (Å²) in [5.41, 5.74) is 2.40. The third-order valence-electron chi connectivity index (χ3n) is 8.66. The zero-order chi connectivity index (χ0) is 20.6. The van der Waals surface area contributed by atoms with Gasteiger partial charge in [0, 0.05) is 37.5 Å². The van der Waals surface area contributed by atoms with E-state index < -0.39 is 0 Å². The highest BCUT2D eigenvalue weighted by molar-refractivity contribution is 5.99. The zero-order valence-corrected chi connectivity index (χ0v) is 18.7. The summed E-state index contributed by atoms with van der Waals surface area (Å²) in [5, 5.41) is 0. The molecule has 1 aromatic rings. The fourth-order valence-electron chi connectivity index (χ4n) is 6.62. The van der Waals surface area contributed by atoms with Crippen molar-refractivity contribution in [1.82, 2.24) is 4.90 Å². The molecule has 30 heavy (non-hydrogen) atoms. The van der Waals surface area contributed by atoms with Gasteiger partial charge in [0.25, 0.3) is 0 Å². The number of carbonyl (C=O) groups excluding carboxylic acids is 1. The van der Waals surface area contributed by atoms with E-state index in [4.69, 9.17) is 4.74 Å². The van der Waals surface area contributed by atoms with Gasteiger partial charge in [0.2, 0.25) is 5.91 Å². The van der Waals surface area contributed by atoms with Gasteiger partial charge in [-0.3, -0.25) is 9.69 Å². The molecule has 3 aliphatic heterocycles. The largest absolute Gasteiger partial charge is 0.381 e. The molecule has 1 atom stereocenters. The molecule has 1 aliphatic carbocycles. The Morgan fingerprint density at radius 1 is 0.900 bits per heavy atom. The number of rotatable bonds is 3. The standard InChI is InChI=1S/C26H38N2O2/c1-20-4-2-3-16-27(20)23-9-5-21(6-10-23)22-7-11-24(12-8-22)28-17-13-26(25(28)29)14-18-30-19-15-26/h7-8,11-12,20-21,23H,2-6,9-10,13-19H2,1H3. The van der Waals surface area contributed by atoms with Gasteiger partial charge in [-0.05, 0) is 94.9 Å². The first kappa shape index (κ1) is 20.5. The van der Waals surface area contributed by atoms with Gasteiger partial charge in [0.05, 0.1) is 5.41 Å². The third-order valence-corrected chi connectivity index (χ3v) is 8.66. The van der Waals surface area contributed by atoms with Gasteiger partial charge >= 0.3 is 0 Å². The molecule has 4 heteroatoms. The molecule has 5 rings (SSSR count). The Hall–Kier alpha value is -1.39. The monoisotopic (exact) mass is 410 g/mol. The minimum atomic E-state index is -0.152. The quantitative estimate of drug-likeness (QED) is 0.693. The van der Waals surface area contributed by atoms with Crippen LogP contribution in [0, 0.1) is 5.41 Å². The first-order chi connectivity index (χ1) is 14.7. The highest BCUT2D eigenvalue weighted by Gasteiger charge is 2.47. The summed E-state index contributed by atoms with van der Waals surface area (Å²) < 4.78 is 5.51. The van der Waals surface area contributed by atoms with Crippen molar-refractivity contribution in [3.05, 3.63) is 29.8 Å². The Morgan fingerprint density at radius 3 is 2.33 bits per heavy atom. The average Bonchev–Trinajstić information content (AvgIpc) is 3.10. The molecule has 0 radical (unpaired) electrons. The van der Waals surface area contributed by atoms with E-state index in [1.54, 1.807) is 0 Å². The molecule has 4 nitrogen and oxygen atoms in total. The number of hydrogen-bond donors (Lipinski definition) is 0. The van der Waals surface area contributed by atoms with Crippen LogP contribution in [0.3, 0.4) is 0 Å². The lowest BCUT2D eigenvalue weighted by molar-refractivity contribution is -0.130. The van der Waals surface area contributed by atoms with Crippen LogP contribution in [-0.4, -0.2) is 49.2 Å². The fourth-order valence-corrected chi connectivity index (χ4v) is 6.62. The number of amides is 1. The van der Waals surface area contributed by atoms with Crippen molar-refractivity contribution in [2.75, 3.05) is 31.2 Å². The molecule has 1 amide bonds. The number of ether oxygens (including phenoxy) is 1. The Bertz CT molecular complexity index is 732. The number of anilines is 1. The second-order valence-corrected chi connectivity index (χ2v) is 10.3. The summed E-state index contributed by atoms with van der Waals surface area (Å²) in [4.78, 5) is 18.0. The van der Waals surface area contributed by atoms with E-state index in [9.17, 15) is 4.79 Å². The van der Waals surface area contributed by atoms with Crippen molar-refractivity contribution in [3.63, 3.8) is 0 Å². The van der Waals surface area contributed by atoms with E-state index in [2.05, 4.69) is 36.1 Å². The number of benzene rings is 1. The predicted molar refractivity (Wildman–Crippen MR) is 121 cm³/mol. The topological polar surface area (TPSA) is 32.8 Å². The molecule has 4 aliphatic rings. The number of likely N-dealkylation sites (tertiary alicyclic amines) is 1. The maximum Gasteiger partial charge on any atom is 0.233 e. The van der Waals surface area contributed by atoms with Gasteiger partial charge < -0.3 is 9.64 Å². The van der Waals surface area contributed by atoms with E-state index in [1.165, 1.54) is 57.1 Å². The highest BCUT2D eigenvalue weighted by Crippen LogP contribution is 2.43. The fraction of sp³-hybridized carbons (Fsp3) is 0.731. The first-order valence-corrected chi connectivity index (χ1v) is 12.4. The van der Waals surface area contributed by atoms with Crippen molar-refractivity contribution in [2.24, 2.45) is 5.41 Å². The number of carbonyl (C=O) groups is 1. The first-order valence-electron chi connectivity index (χ1n) is 12.4. The Balaban J connectivity index is 1.19. The van der Waals surface area contributed by atoms with E-state index in [1.807, 2.05) is 4.90 Å². The summed E-state index contributed by atoms with van der Waals surface area (Å²) in [5.74, 6) is 1.02. The summed E-state index contributed by atoms with van der Waals surface area (Å²) in [7, 11) is 0. The summed E-state index contributed by atoms with van der Waals surface area (Å²) in [6, 6.07) is 10.6. The summed E-state index contributed by atoms with van der Waals surface area (Å²) in [6.07, 6.45) is 12.2. The molecule has 1 spiro atoms. The van der Waals surface area contributed by atoms with Gasteiger partial charge in [-0.15, -0.1) is 0 Å². The van der Waals surface area contributed by atoms with Crippen LogP contribution < -0.4 is 4.90 Å². The van der Waals surface area contributed by atoms with Crippen LogP contribution in [-0.2, 0) is 9.53 Å². The molecule has 0 bridgehead atoms. The van der Waals surface area contributed by atoms with Crippen LogP contribution in [0.2, 0.25) is 0 Å². The lowest BCUT2D eigenvalue weighted by Crippen LogP contribution is -2.46. The van der Waals surface area contributed by atoms with Gasteiger partial charge in [0.15, 0.2) is 0 Å². The van der Waals surface area contributed by atoms with Gasteiger partial charge in [-0.2, -0.15) is 0 Å². The molecule has 1 unspecified atom stereocenters. The zero-order valence-electron chi connectivity index (χ0n) is 18.7.